The molecular weight excluding hydrogens is 367 g/mol. The number of hydrogen-bond acceptors (Lipinski definition) is 5. The van der Waals surface area contributed by atoms with Crippen molar-refractivity contribution in [1.82, 2.24) is 4.37 Å². The highest BCUT2D eigenvalue weighted by molar-refractivity contribution is 14.1. The van der Waals surface area contributed by atoms with Gasteiger partial charge in [-0.1, -0.05) is 6.08 Å². The molecule has 0 aliphatic heterocycles. The highest BCUT2D eigenvalue weighted by Crippen LogP contribution is 2.31. The fourth-order valence-electron chi connectivity index (χ4n) is 1.17. The van der Waals surface area contributed by atoms with Crippen LogP contribution in [0, 0.1) is 5.41 Å². The first-order valence-electron chi connectivity index (χ1n) is 4.75. The van der Waals surface area contributed by atoms with Crippen molar-refractivity contribution in [3.8, 4) is 0 Å². The minimum absolute atomic E-state index is 0.373. The Bertz CT molecular complexity index is 596. The SMILES string of the molecule is C/C=C\N=C(Nc1snc2sccc12)C(=N)I. The number of fused-ring (bicyclic) bond motifs is 1. The van der Waals surface area contributed by atoms with Gasteiger partial charge in [0, 0.05) is 11.6 Å². The number of nitrogens with zero attached hydrogens (tertiary/aromatic N) is 2. The molecule has 0 unspecified atom stereocenters. The summed E-state index contributed by atoms with van der Waals surface area (Å²) in [5.74, 6) is 0.542. The first kappa shape index (κ1) is 12.7. The van der Waals surface area contributed by atoms with Gasteiger partial charge in [0.2, 0.25) is 0 Å². The number of nitrogens with one attached hydrogen (secondary N) is 2. The van der Waals surface area contributed by atoms with Gasteiger partial charge < -0.3 is 5.32 Å². The summed E-state index contributed by atoms with van der Waals surface area (Å²) >= 11 is 4.94. The quantitative estimate of drug-likeness (QED) is 0.481. The molecule has 0 aliphatic carbocycles. The Kier molecular flexibility index (Phi) is 4.24. The fraction of sp³-hybridized carbons (Fsp3) is 0.100. The van der Waals surface area contributed by atoms with Gasteiger partial charge in [-0.25, -0.2) is 4.99 Å². The molecule has 0 bridgehead atoms. The van der Waals surface area contributed by atoms with Crippen LogP contribution in [0.2, 0.25) is 0 Å². The van der Waals surface area contributed by atoms with Gasteiger partial charge in [0.1, 0.15) is 13.5 Å². The zero-order valence-corrected chi connectivity index (χ0v) is 12.7. The third kappa shape index (κ3) is 2.90. The monoisotopic (exact) mass is 376 g/mol. The molecule has 0 fully saturated rings. The Labute approximate surface area is 120 Å². The molecule has 0 radical (unpaired) electrons. The smallest absolute Gasteiger partial charge is 0.162 e. The molecule has 88 valence electrons. The summed E-state index contributed by atoms with van der Waals surface area (Å²) < 4.78 is 4.70. The van der Waals surface area contributed by atoms with E-state index in [1.165, 1.54) is 11.5 Å². The van der Waals surface area contributed by atoms with Crippen molar-refractivity contribution >= 4 is 70.2 Å². The summed E-state index contributed by atoms with van der Waals surface area (Å²) in [6, 6.07) is 2.02. The molecule has 0 spiro atoms. The van der Waals surface area contributed by atoms with Crippen LogP contribution >= 0.6 is 45.5 Å². The number of aliphatic imine (C=N–C) groups is 1. The standard InChI is InChI=1S/C10H9IN4S2/c1-2-4-13-8(7(11)12)14-9-6-3-5-16-10(6)15-17-9/h2-5,12H,1H3,(H,13,14)/b4-2-,12-7?. The Hall–Kier alpha value is -0.800. The predicted octanol–water partition coefficient (Wildman–Crippen LogP) is 4.11. The van der Waals surface area contributed by atoms with Crippen molar-refractivity contribution in [1.29, 1.82) is 5.41 Å². The Morgan fingerprint density at radius 3 is 3.18 bits per heavy atom. The summed E-state index contributed by atoms with van der Waals surface area (Å²) in [6.45, 7) is 1.89. The lowest BCUT2D eigenvalue weighted by Crippen LogP contribution is -2.16. The van der Waals surface area contributed by atoms with Crippen LogP contribution in [-0.2, 0) is 0 Å². The van der Waals surface area contributed by atoms with Crippen molar-refractivity contribution < 1.29 is 0 Å². The molecule has 0 saturated carbocycles. The van der Waals surface area contributed by atoms with E-state index in [-0.39, 0.29) is 0 Å². The molecule has 2 N–H and O–H groups in total. The molecule has 0 atom stereocenters. The molecule has 4 nitrogen and oxygen atoms in total. The molecule has 7 heteroatoms. The number of thiophene rings is 1. The van der Waals surface area contributed by atoms with E-state index < -0.39 is 0 Å². The van der Waals surface area contributed by atoms with E-state index >= 15 is 0 Å². The summed E-state index contributed by atoms with van der Waals surface area (Å²) in [6.07, 6.45) is 3.50. The van der Waals surface area contributed by atoms with E-state index in [2.05, 4.69) is 14.7 Å². The minimum atomic E-state index is 0.373. The van der Waals surface area contributed by atoms with E-state index in [1.54, 1.807) is 17.5 Å². The number of halogens is 1. The van der Waals surface area contributed by atoms with Crippen LogP contribution < -0.4 is 5.32 Å². The molecule has 2 aromatic rings. The van der Waals surface area contributed by atoms with E-state index in [0.29, 0.717) is 9.55 Å². The Morgan fingerprint density at radius 2 is 2.47 bits per heavy atom. The largest absolute Gasteiger partial charge is 0.328 e. The number of allylic oxidation sites excluding steroid dienone is 1. The lowest BCUT2D eigenvalue weighted by atomic mass is 10.4. The second-order valence-corrected chi connectivity index (χ2v) is 5.80. The molecule has 0 amide bonds. The first-order chi connectivity index (χ1) is 8.22. The summed E-state index contributed by atoms with van der Waals surface area (Å²) in [7, 11) is 0. The highest BCUT2D eigenvalue weighted by atomic mass is 127. The maximum absolute atomic E-state index is 7.65. The van der Waals surface area contributed by atoms with Crippen molar-refractivity contribution in [2.75, 3.05) is 5.32 Å². The van der Waals surface area contributed by atoms with Crippen LogP contribution in [0.15, 0.2) is 28.7 Å². The van der Waals surface area contributed by atoms with E-state index in [1.807, 2.05) is 47.0 Å². The third-order valence-electron chi connectivity index (χ3n) is 1.90. The van der Waals surface area contributed by atoms with Gasteiger partial charge in [-0.05, 0) is 52.5 Å². The summed E-state index contributed by atoms with van der Waals surface area (Å²) in [5, 5.41) is 14.8. The number of hydrogen-bond donors (Lipinski definition) is 2. The Balaban J connectivity index is 2.30. The van der Waals surface area contributed by atoms with Gasteiger partial charge in [0.15, 0.2) is 5.84 Å². The van der Waals surface area contributed by atoms with Crippen molar-refractivity contribution in [2.24, 2.45) is 4.99 Å². The second kappa shape index (κ2) is 5.69. The zero-order chi connectivity index (χ0) is 12.3. The third-order valence-corrected chi connectivity index (χ3v) is 4.11. The van der Waals surface area contributed by atoms with Crippen LogP contribution in [0.25, 0.3) is 10.2 Å². The highest BCUT2D eigenvalue weighted by Gasteiger charge is 2.10. The van der Waals surface area contributed by atoms with Crippen LogP contribution in [0.1, 0.15) is 6.92 Å². The normalized spacial score (nSPS) is 12.5. The van der Waals surface area contributed by atoms with Gasteiger partial charge in [-0.15, -0.1) is 11.3 Å². The number of aromatic nitrogens is 1. The van der Waals surface area contributed by atoms with Crippen molar-refractivity contribution in [3.05, 3.63) is 23.7 Å². The van der Waals surface area contributed by atoms with Crippen LogP contribution in [0.3, 0.4) is 0 Å². The molecule has 2 rings (SSSR count). The molecule has 2 heterocycles. The van der Waals surface area contributed by atoms with Gasteiger partial charge in [0.25, 0.3) is 0 Å². The first-order valence-corrected chi connectivity index (χ1v) is 7.49. The number of rotatable bonds is 3. The van der Waals surface area contributed by atoms with Gasteiger partial charge in [-0.2, -0.15) is 4.37 Å². The zero-order valence-electron chi connectivity index (χ0n) is 8.90. The van der Waals surface area contributed by atoms with E-state index in [4.69, 9.17) is 5.41 Å². The van der Waals surface area contributed by atoms with Crippen LogP contribution in [0.5, 0.6) is 0 Å². The molecule has 2 aromatic heterocycles. The second-order valence-electron chi connectivity index (χ2n) is 3.05. The lowest BCUT2D eigenvalue weighted by Gasteiger charge is -2.03. The molecular formula is C10H9IN4S2. The number of amidine groups is 1. The summed E-state index contributed by atoms with van der Waals surface area (Å²) in [4.78, 5) is 5.20. The summed E-state index contributed by atoms with van der Waals surface area (Å²) in [5.41, 5.74) is 0. The Morgan fingerprint density at radius 1 is 1.65 bits per heavy atom. The molecule has 0 saturated heterocycles. The van der Waals surface area contributed by atoms with Crippen LogP contribution in [0.4, 0.5) is 5.00 Å². The molecule has 0 aliphatic rings. The lowest BCUT2D eigenvalue weighted by molar-refractivity contribution is 1.50. The average molecular weight is 376 g/mol. The maximum atomic E-state index is 7.65. The van der Waals surface area contributed by atoms with Gasteiger partial charge in [-0.3, -0.25) is 5.41 Å². The van der Waals surface area contributed by atoms with E-state index in [0.717, 1.165) is 15.2 Å². The van der Waals surface area contributed by atoms with Gasteiger partial charge in [0.05, 0.1) is 0 Å². The van der Waals surface area contributed by atoms with Crippen molar-refractivity contribution in [2.45, 2.75) is 6.92 Å². The van der Waals surface area contributed by atoms with E-state index in [9.17, 15) is 0 Å². The maximum Gasteiger partial charge on any atom is 0.162 e. The molecule has 0 aromatic carbocycles. The van der Waals surface area contributed by atoms with Crippen LogP contribution in [-0.4, -0.2) is 13.9 Å². The van der Waals surface area contributed by atoms with Crippen molar-refractivity contribution in [3.63, 3.8) is 0 Å². The topological polar surface area (TPSA) is 61.1 Å². The minimum Gasteiger partial charge on any atom is -0.328 e. The predicted molar refractivity (Wildman–Crippen MR) is 85.1 cm³/mol. The molecule has 17 heavy (non-hydrogen) atoms. The van der Waals surface area contributed by atoms with Gasteiger partial charge >= 0.3 is 0 Å². The number of anilines is 1. The average Bonchev–Trinajstić information content (AvgIpc) is 2.87. The fourth-order valence-corrected chi connectivity index (χ4v) is 3.10.